The van der Waals surface area contributed by atoms with E-state index >= 15 is 0 Å². The lowest BCUT2D eigenvalue weighted by Gasteiger charge is -2.11. The van der Waals surface area contributed by atoms with Crippen molar-refractivity contribution in [1.82, 2.24) is 15.3 Å². The van der Waals surface area contributed by atoms with E-state index < -0.39 is 4.92 Å². The van der Waals surface area contributed by atoms with Crippen LogP contribution in [0.15, 0.2) is 24.4 Å². The minimum Gasteiger partial charge on any atom is -0.472 e. The molecule has 7 nitrogen and oxygen atoms in total. The molecule has 1 aromatic heterocycles. The van der Waals surface area contributed by atoms with Crippen LogP contribution >= 0.6 is 0 Å². The molecule has 0 unspecified atom stereocenters. The van der Waals surface area contributed by atoms with Gasteiger partial charge < -0.3 is 10.1 Å². The maximum absolute atomic E-state index is 10.7. The molecular formula is C12H12N4O3. The third kappa shape index (κ3) is 2.45. The maximum Gasteiger partial charge on any atom is 0.271 e. The fourth-order valence-corrected chi connectivity index (χ4v) is 2.05. The predicted molar refractivity (Wildman–Crippen MR) is 68.1 cm³/mol. The zero-order chi connectivity index (χ0) is 13.2. The van der Waals surface area contributed by atoms with Gasteiger partial charge in [-0.15, -0.1) is 0 Å². The Morgan fingerprint density at radius 1 is 1.42 bits per heavy atom. The van der Waals surface area contributed by atoms with E-state index in [2.05, 4.69) is 15.3 Å². The fraction of sp³-hybridized carbons (Fsp3) is 0.333. The number of hydrogen-bond donors (Lipinski definition) is 1. The molecule has 1 aliphatic rings. The van der Waals surface area contributed by atoms with Gasteiger partial charge in [0.05, 0.1) is 22.2 Å². The number of non-ortho nitro benzene ring substituents is 1. The molecule has 0 radical (unpaired) electrons. The number of benzene rings is 1. The lowest BCUT2D eigenvalue weighted by atomic mass is 10.2. The first kappa shape index (κ1) is 11.8. The van der Waals surface area contributed by atoms with Crippen LogP contribution in [-0.4, -0.2) is 34.1 Å². The summed E-state index contributed by atoms with van der Waals surface area (Å²) in [6, 6.07) is 4.40. The van der Waals surface area contributed by atoms with Crippen molar-refractivity contribution in [3.05, 3.63) is 34.5 Å². The minimum absolute atomic E-state index is 0.00969. The van der Waals surface area contributed by atoms with Crippen molar-refractivity contribution in [2.24, 2.45) is 0 Å². The second-order valence-electron chi connectivity index (χ2n) is 4.37. The molecule has 1 aliphatic heterocycles. The van der Waals surface area contributed by atoms with Crippen molar-refractivity contribution in [2.45, 2.75) is 12.5 Å². The number of hydrogen-bond acceptors (Lipinski definition) is 6. The number of fused-ring (bicyclic) bond motifs is 1. The van der Waals surface area contributed by atoms with Crippen LogP contribution in [0.5, 0.6) is 5.88 Å². The summed E-state index contributed by atoms with van der Waals surface area (Å²) in [4.78, 5) is 18.7. The first-order chi connectivity index (χ1) is 9.22. The van der Waals surface area contributed by atoms with E-state index in [9.17, 15) is 10.1 Å². The standard InChI is InChI=1S/C12H12N4O3/c17-16(18)8-1-2-10-11(5-8)14-7-12(15-10)19-9-3-4-13-6-9/h1-2,5,7,9,13H,3-4,6H2/t9-/m1/s1. The summed E-state index contributed by atoms with van der Waals surface area (Å²) in [5, 5.41) is 13.9. The predicted octanol–water partition coefficient (Wildman–Crippen LogP) is 1.28. The summed E-state index contributed by atoms with van der Waals surface area (Å²) in [6.45, 7) is 1.75. The summed E-state index contributed by atoms with van der Waals surface area (Å²) in [5.41, 5.74) is 1.09. The number of nitro benzene ring substituents is 1. The Balaban J connectivity index is 1.88. The number of nitro groups is 1. The van der Waals surface area contributed by atoms with Gasteiger partial charge in [0.25, 0.3) is 5.69 Å². The Bertz CT molecular complexity index is 625. The molecule has 0 amide bonds. The molecule has 0 aliphatic carbocycles. The van der Waals surface area contributed by atoms with Gasteiger partial charge in [-0.1, -0.05) is 0 Å². The van der Waals surface area contributed by atoms with Crippen LogP contribution in [0, 0.1) is 10.1 Å². The summed E-state index contributed by atoms with van der Waals surface area (Å²) >= 11 is 0. The van der Waals surface area contributed by atoms with Gasteiger partial charge >= 0.3 is 0 Å². The number of nitrogens with one attached hydrogen (secondary N) is 1. The van der Waals surface area contributed by atoms with Crippen LogP contribution in [0.25, 0.3) is 11.0 Å². The molecule has 0 bridgehead atoms. The number of rotatable bonds is 3. The van der Waals surface area contributed by atoms with Gasteiger partial charge in [0.15, 0.2) is 0 Å². The fourth-order valence-electron chi connectivity index (χ4n) is 2.05. The summed E-state index contributed by atoms with van der Waals surface area (Å²) in [5.74, 6) is 0.454. The molecule has 19 heavy (non-hydrogen) atoms. The average Bonchev–Trinajstić information content (AvgIpc) is 2.91. The van der Waals surface area contributed by atoms with E-state index in [1.165, 1.54) is 18.3 Å². The monoisotopic (exact) mass is 260 g/mol. The topological polar surface area (TPSA) is 90.2 Å². The zero-order valence-corrected chi connectivity index (χ0v) is 10.1. The van der Waals surface area contributed by atoms with E-state index in [0.29, 0.717) is 16.9 Å². The highest BCUT2D eigenvalue weighted by molar-refractivity contribution is 5.77. The molecule has 1 N–H and O–H groups in total. The van der Waals surface area contributed by atoms with Crippen LogP contribution in [-0.2, 0) is 0 Å². The van der Waals surface area contributed by atoms with E-state index in [-0.39, 0.29) is 11.8 Å². The average molecular weight is 260 g/mol. The Kier molecular flexibility index (Phi) is 2.96. The molecule has 98 valence electrons. The molecule has 1 fully saturated rings. The Labute approximate surface area is 108 Å². The molecule has 2 heterocycles. The smallest absolute Gasteiger partial charge is 0.271 e. The van der Waals surface area contributed by atoms with Crippen LogP contribution in [0.2, 0.25) is 0 Å². The van der Waals surface area contributed by atoms with Crippen LogP contribution < -0.4 is 10.1 Å². The second-order valence-corrected chi connectivity index (χ2v) is 4.37. The zero-order valence-electron chi connectivity index (χ0n) is 10.1. The largest absolute Gasteiger partial charge is 0.472 e. The molecule has 1 saturated heterocycles. The van der Waals surface area contributed by atoms with Crippen molar-refractivity contribution in [2.75, 3.05) is 13.1 Å². The van der Waals surface area contributed by atoms with Gasteiger partial charge in [-0.25, -0.2) is 9.97 Å². The molecule has 7 heteroatoms. The van der Waals surface area contributed by atoms with Crippen molar-refractivity contribution in [3.63, 3.8) is 0 Å². The third-order valence-corrected chi connectivity index (χ3v) is 3.02. The highest BCUT2D eigenvalue weighted by Gasteiger charge is 2.17. The lowest BCUT2D eigenvalue weighted by Crippen LogP contribution is -2.20. The van der Waals surface area contributed by atoms with E-state index in [1.54, 1.807) is 6.07 Å². The highest BCUT2D eigenvalue weighted by Crippen LogP contribution is 2.20. The molecule has 0 saturated carbocycles. The van der Waals surface area contributed by atoms with Crippen molar-refractivity contribution >= 4 is 16.7 Å². The SMILES string of the molecule is O=[N+]([O-])c1ccc2nc(O[C@@H]3CCNC3)cnc2c1. The van der Waals surface area contributed by atoms with Crippen molar-refractivity contribution < 1.29 is 9.66 Å². The first-order valence-electron chi connectivity index (χ1n) is 6.01. The van der Waals surface area contributed by atoms with Crippen molar-refractivity contribution in [3.8, 4) is 5.88 Å². The maximum atomic E-state index is 10.7. The number of aromatic nitrogens is 2. The number of nitrogens with zero attached hydrogens (tertiary/aromatic N) is 3. The van der Waals surface area contributed by atoms with Gasteiger partial charge in [0.2, 0.25) is 5.88 Å². The molecular weight excluding hydrogens is 248 g/mol. The molecule has 1 atom stereocenters. The molecule has 3 rings (SSSR count). The van der Waals surface area contributed by atoms with E-state index in [1.807, 2.05) is 0 Å². The van der Waals surface area contributed by atoms with E-state index in [0.717, 1.165) is 19.5 Å². The third-order valence-electron chi connectivity index (χ3n) is 3.02. The van der Waals surface area contributed by atoms with Crippen LogP contribution in [0.1, 0.15) is 6.42 Å². The van der Waals surface area contributed by atoms with Gasteiger partial charge in [0, 0.05) is 18.7 Å². The molecule has 0 spiro atoms. The summed E-state index contributed by atoms with van der Waals surface area (Å²) in [7, 11) is 0. The number of ether oxygens (including phenoxy) is 1. The lowest BCUT2D eigenvalue weighted by molar-refractivity contribution is -0.384. The second kappa shape index (κ2) is 4.77. The summed E-state index contributed by atoms with van der Waals surface area (Å²) in [6.07, 6.45) is 2.56. The van der Waals surface area contributed by atoms with Gasteiger partial charge in [0.1, 0.15) is 6.10 Å². The molecule has 2 aromatic rings. The Morgan fingerprint density at radius 3 is 3.05 bits per heavy atom. The quantitative estimate of drug-likeness (QED) is 0.660. The first-order valence-corrected chi connectivity index (χ1v) is 6.01. The van der Waals surface area contributed by atoms with Crippen molar-refractivity contribution in [1.29, 1.82) is 0 Å². The van der Waals surface area contributed by atoms with Gasteiger partial charge in [-0.2, -0.15) is 0 Å². The molecule has 1 aromatic carbocycles. The van der Waals surface area contributed by atoms with Gasteiger partial charge in [-0.05, 0) is 19.0 Å². The highest BCUT2D eigenvalue weighted by atomic mass is 16.6. The van der Waals surface area contributed by atoms with Crippen LogP contribution in [0.4, 0.5) is 5.69 Å². The van der Waals surface area contributed by atoms with Gasteiger partial charge in [-0.3, -0.25) is 10.1 Å². The van der Waals surface area contributed by atoms with E-state index in [4.69, 9.17) is 4.74 Å². The van der Waals surface area contributed by atoms with Crippen LogP contribution in [0.3, 0.4) is 0 Å². The Morgan fingerprint density at radius 2 is 2.32 bits per heavy atom. The minimum atomic E-state index is -0.449. The normalized spacial score (nSPS) is 18.6. The Hall–Kier alpha value is -2.28. The summed E-state index contributed by atoms with van der Waals surface area (Å²) < 4.78 is 5.69.